The summed E-state index contributed by atoms with van der Waals surface area (Å²) in [5, 5.41) is 17.4. The lowest BCUT2D eigenvalue weighted by atomic mass is 9.87. The summed E-state index contributed by atoms with van der Waals surface area (Å²) in [6.45, 7) is 0. The molecular formula is C46H26O. The lowest BCUT2D eigenvalue weighted by molar-refractivity contribution is 0.673. The van der Waals surface area contributed by atoms with Gasteiger partial charge in [0.25, 0.3) is 0 Å². The highest BCUT2D eigenvalue weighted by atomic mass is 16.3. The van der Waals surface area contributed by atoms with Crippen molar-refractivity contribution in [2.75, 3.05) is 0 Å². The molecule has 1 nitrogen and oxygen atoms in total. The topological polar surface area (TPSA) is 13.1 Å². The van der Waals surface area contributed by atoms with Crippen LogP contribution in [0.25, 0.3) is 109 Å². The van der Waals surface area contributed by atoms with Crippen LogP contribution in [0.1, 0.15) is 0 Å². The fourth-order valence-corrected chi connectivity index (χ4v) is 8.27. The second-order valence-corrected chi connectivity index (χ2v) is 12.8. The van der Waals surface area contributed by atoms with E-state index >= 15 is 0 Å². The van der Waals surface area contributed by atoms with Crippen molar-refractivity contribution < 1.29 is 4.42 Å². The summed E-state index contributed by atoms with van der Waals surface area (Å²) >= 11 is 0. The fourth-order valence-electron chi connectivity index (χ4n) is 8.27. The van der Waals surface area contributed by atoms with E-state index in [9.17, 15) is 0 Å². The molecule has 0 amide bonds. The lowest BCUT2D eigenvalue weighted by Crippen LogP contribution is -1.90. The van der Waals surface area contributed by atoms with E-state index in [2.05, 4.69) is 158 Å². The van der Waals surface area contributed by atoms with Gasteiger partial charge in [-0.05, 0) is 106 Å². The number of rotatable bonds is 2. The maximum atomic E-state index is 6.91. The standard InChI is InChI=1S/C46H26O/c1-4-13-35-27(8-1)18-23-39-45-41(40-24-31-9-2-3-12-33(31)36-14-5-6-15-37(36)40)25-32(26-42(45)47-46(35)39)34-21-19-30-17-16-28-10-7-11-29-20-22-38(34)44(30)43(28)29/h1-26H. The summed E-state index contributed by atoms with van der Waals surface area (Å²) in [7, 11) is 0. The molecule has 0 saturated heterocycles. The van der Waals surface area contributed by atoms with Gasteiger partial charge in [-0.15, -0.1) is 0 Å². The van der Waals surface area contributed by atoms with E-state index in [-0.39, 0.29) is 0 Å². The van der Waals surface area contributed by atoms with Crippen LogP contribution in [-0.2, 0) is 0 Å². The molecule has 0 aliphatic carbocycles. The molecule has 1 heterocycles. The summed E-state index contributed by atoms with van der Waals surface area (Å²) in [4.78, 5) is 0. The summed E-state index contributed by atoms with van der Waals surface area (Å²) in [5.74, 6) is 0. The molecule has 0 N–H and O–H groups in total. The smallest absolute Gasteiger partial charge is 0.143 e. The van der Waals surface area contributed by atoms with Gasteiger partial charge in [0.2, 0.25) is 0 Å². The van der Waals surface area contributed by atoms with Crippen LogP contribution in [0.2, 0.25) is 0 Å². The molecule has 0 saturated carbocycles. The van der Waals surface area contributed by atoms with Gasteiger partial charge in [-0.3, -0.25) is 0 Å². The predicted octanol–water partition coefficient (Wildman–Crippen LogP) is 13.3. The Labute approximate surface area is 270 Å². The largest absolute Gasteiger partial charge is 0.455 e. The Morgan fingerprint density at radius 1 is 0.298 bits per heavy atom. The number of fused-ring (bicyclic) bond motifs is 8. The molecule has 0 radical (unpaired) electrons. The quantitative estimate of drug-likeness (QED) is 0.182. The van der Waals surface area contributed by atoms with E-state index in [4.69, 9.17) is 4.42 Å². The Bertz CT molecular complexity index is 3050. The van der Waals surface area contributed by atoms with Gasteiger partial charge in [0.05, 0.1) is 0 Å². The van der Waals surface area contributed by atoms with Crippen molar-refractivity contribution in [2.45, 2.75) is 0 Å². The Morgan fingerprint density at radius 2 is 0.915 bits per heavy atom. The van der Waals surface area contributed by atoms with Crippen LogP contribution in [-0.4, -0.2) is 0 Å². The van der Waals surface area contributed by atoms with Crippen LogP contribution >= 0.6 is 0 Å². The zero-order chi connectivity index (χ0) is 30.6. The number of hydrogen-bond acceptors (Lipinski definition) is 1. The van der Waals surface area contributed by atoms with E-state index < -0.39 is 0 Å². The Hall–Kier alpha value is -6.18. The van der Waals surface area contributed by atoms with E-state index in [1.807, 2.05) is 0 Å². The van der Waals surface area contributed by atoms with Crippen molar-refractivity contribution in [2.24, 2.45) is 0 Å². The summed E-state index contributed by atoms with van der Waals surface area (Å²) in [6.07, 6.45) is 0. The van der Waals surface area contributed by atoms with E-state index in [0.717, 1.165) is 32.9 Å². The lowest BCUT2D eigenvalue weighted by Gasteiger charge is -2.16. The molecule has 0 atom stereocenters. The SMILES string of the molecule is c1ccc2c(c1)cc(-c1cc(-c3ccc4ccc5cccc6ccc3c4c56)cc3oc4c5ccccc5ccc4c13)c1ccccc12. The van der Waals surface area contributed by atoms with Crippen LogP contribution in [0.3, 0.4) is 0 Å². The molecule has 1 heteroatoms. The Balaban J connectivity index is 1.31. The van der Waals surface area contributed by atoms with Crippen molar-refractivity contribution >= 4 is 86.6 Å². The first-order valence-corrected chi connectivity index (χ1v) is 16.3. The summed E-state index contributed by atoms with van der Waals surface area (Å²) in [5.41, 5.74) is 6.64. The van der Waals surface area contributed by atoms with Crippen LogP contribution in [0.5, 0.6) is 0 Å². The van der Waals surface area contributed by atoms with Crippen molar-refractivity contribution in [1.82, 2.24) is 0 Å². The van der Waals surface area contributed by atoms with Crippen molar-refractivity contribution in [3.05, 3.63) is 158 Å². The molecule has 0 bridgehead atoms. The normalized spacial score (nSPS) is 12.3. The fraction of sp³-hybridized carbons (Fsp3) is 0. The van der Waals surface area contributed by atoms with Crippen molar-refractivity contribution in [3.8, 4) is 22.3 Å². The zero-order valence-corrected chi connectivity index (χ0v) is 25.4. The van der Waals surface area contributed by atoms with Gasteiger partial charge in [-0.1, -0.05) is 133 Å². The Morgan fingerprint density at radius 3 is 1.77 bits per heavy atom. The minimum atomic E-state index is 0.909. The third-order valence-corrected chi connectivity index (χ3v) is 10.4. The molecule has 0 unspecified atom stereocenters. The first-order valence-electron chi connectivity index (χ1n) is 16.3. The van der Waals surface area contributed by atoms with E-state index in [1.54, 1.807) is 0 Å². The maximum absolute atomic E-state index is 6.91. The molecule has 0 spiro atoms. The highest BCUT2D eigenvalue weighted by Crippen LogP contribution is 2.47. The van der Waals surface area contributed by atoms with Gasteiger partial charge in [-0.25, -0.2) is 0 Å². The van der Waals surface area contributed by atoms with Gasteiger partial charge < -0.3 is 4.42 Å². The maximum Gasteiger partial charge on any atom is 0.143 e. The van der Waals surface area contributed by atoms with Gasteiger partial charge >= 0.3 is 0 Å². The number of benzene rings is 10. The average Bonchev–Trinajstić information content (AvgIpc) is 3.52. The highest BCUT2D eigenvalue weighted by Gasteiger charge is 2.20. The predicted molar refractivity (Wildman–Crippen MR) is 201 cm³/mol. The first kappa shape index (κ1) is 25.1. The molecule has 0 aliphatic heterocycles. The molecule has 216 valence electrons. The number of furan rings is 1. The van der Waals surface area contributed by atoms with Crippen molar-refractivity contribution in [3.63, 3.8) is 0 Å². The van der Waals surface area contributed by atoms with Crippen molar-refractivity contribution in [1.29, 1.82) is 0 Å². The third-order valence-electron chi connectivity index (χ3n) is 10.4. The molecule has 47 heavy (non-hydrogen) atoms. The number of hydrogen-bond donors (Lipinski definition) is 0. The van der Waals surface area contributed by atoms with Crippen LogP contribution in [0.4, 0.5) is 0 Å². The van der Waals surface area contributed by atoms with Crippen LogP contribution in [0.15, 0.2) is 162 Å². The molecule has 10 aromatic carbocycles. The average molecular weight is 595 g/mol. The molecule has 1 aromatic heterocycles. The van der Waals surface area contributed by atoms with E-state index in [1.165, 1.54) is 75.9 Å². The first-order chi connectivity index (χ1) is 23.3. The zero-order valence-electron chi connectivity index (χ0n) is 25.4. The van der Waals surface area contributed by atoms with Crippen LogP contribution < -0.4 is 0 Å². The summed E-state index contributed by atoms with van der Waals surface area (Å²) < 4.78 is 6.91. The summed E-state index contributed by atoms with van der Waals surface area (Å²) in [6, 6.07) is 57.9. The van der Waals surface area contributed by atoms with Crippen LogP contribution in [0, 0.1) is 0 Å². The van der Waals surface area contributed by atoms with Gasteiger partial charge in [0.15, 0.2) is 0 Å². The van der Waals surface area contributed by atoms with Gasteiger partial charge in [-0.2, -0.15) is 0 Å². The molecule has 11 aromatic rings. The molecule has 11 rings (SSSR count). The van der Waals surface area contributed by atoms with Gasteiger partial charge in [0, 0.05) is 16.2 Å². The minimum absolute atomic E-state index is 0.909. The third kappa shape index (κ3) is 3.43. The Kier molecular flexibility index (Phi) is 4.90. The molecule has 0 aliphatic rings. The second kappa shape index (κ2) is 9.19. The molecular weight excluding hydrogens is 569 g/mol. The van der Waals surface area contributed by atoms with Gasteiger partial charge in [0.1, 0.15) is 11.2 Å². The molecule has 0 fully saturated rings. The highest BCUT2D eigenvalue weighted by molar-refractivity contribution is 6.27. The minimum Gasteiger partial charge on any atom is -0.455 e. The van der Waals surface area contributed by atoms with E-state index in [0.29, 0.717) is 0 Å². The second-order valence-electron chi connectivity index (χ2n) is 12.8. The monoisotopic (exact) mass is 594 g/mol.